The Labute approximate surface area is 219 Å². The lowest BCUT2D eigenvalue weighted by Crippen LogP contribution is -2.31. The zero-order valence-electron chi connectivity index (χ0n) is 22.5. The Morgan fingerprint density at radius 3 is 2.68 bits per heavy atom. The Morgan fingerprint density at radius 1 is 1.19 bits per heavy atom. The number of carbonyl (C=O) groups is 2. The number of fused-ring (bicyclic) bond motifs is 2. The van der Waals surface area contributed by atoms with E-state index in [1.807, 2.05) is 67.2 Å². The van der Waals surface area contributed by atoms with Gasteiger partial charge in [0.25, 0.3) is 11.8 Å². The molecular formula is C30H37N5O2. The first-order valence-corrected chi connectivity index (χ1v) is 13.2. The second-order valence-electron chi connectivity index (χ2n) is 11.5. The van der Waals surface area contributed by atoms with E-state index in [1.54, 1.807) is 0 Å². The Bertz CT molecular complexity index is 1320. The maximum absolute atomic E-state index is 13.3. The quantitative estimate of drug-likeness (QED) is 0.498. The van der Waals surface area contributed by atoms with Crippen LogP contribution < -0.4 is 5.32 Å². The van der Waals surface area contributed by atoms with Crippen LogP contribution in [-0.2, 0) is 19.4 Å². The van der Waals surface area contributed by atoms with Crippen molar-refractivity contribution in [2.45, 2.75) is 52.6 Å². The molecule has 0 radical (unpaired) electrons. The van der Waals surface area contributed by atoms with Gasteiger partial charge in [-0.3, -0.25) is 14.7 Å². The minimum absolute atomic E-state index is 0.0466. The van der Waals surface area contributed by atoms with E-state index in [1.165, 1.54) is 11.3 Å². The van der Waals surface area contributed by atoms with Gasteiger partial charge in [0.15, 0.2) is 0 Å². The number of benzene rings is 2. The Balaban J connectivity index is 1.29. The minimum atomic E-state index is -0.102. The molecule has 0 saturated carbocycles. The number of carbonyl (C=O) groups excluding carboxylic acids is 2. The van der Waals surface area contributed by atoms with Crippen LogP contribution in [0.2, 0.25) is 0 Å². The summed E-state index contributed by atoms with van der Waals surface area (Å²) >= 11 is 0. The van der Waals surface area contributed by atoms with Gasteiger partial charge in [0, 0.05) is 47.6 Å². The normalized spacial score (nSPS) is 17.0. The van der Waals surface area contributed by atoms with Gasteiger partial charge in [-0.15, -0.1) is 0 Å². The second-order valence-corrected chi connectivity index (χ2v) is 11.5. The van der Waals surface area contributed by atoms with Gasteiger partial charge in [-0.2, -0.15) is 5.10 Å². The molecular weight excluding hydrogens is 462 g/mol. The summed E-state index contributed by atoms with van der Waals surface area (Å²) in [6.07, 6.45) is 3.19. The zero-order valence-corrected chi connectivity index (χ0v) is 22.5. The van der Waals surface area contributed by atoms with Crippen molar-refractivity contribution in [3.63, 3.8) is 0 Å². The van der Waals surface area contributed by atoms with Crippen molar-refractivity contribution in [2.24, 2.45) is 5.41 Å². The number of amides is 2. The van der Waals surface area contributed by atoms with E-state index in [0.717, 1.165) is 53.8 Å². The molecule has 2 aromatic carbocycles. The number of hydrogen-bond donors (Lipinski definition) is 2. The lowest BCUT2D eigenvalue weighted by Gasteiger charge is -2.29. The molecule has 2 N–H and O–H groups in total. The molecule has 1 aromatic heterocycles. The minimum Gasteiger partial charge on any atom is -0.351 e. The number of hydrogen-bond acceptors (Lipinski definition) is 4. The van der Waals surface area contributed by atoms with Crippen LogP contribution in [0.1, 0.15) is 76.3 Å². The van der Waals surface area contributed by atoms with E-state index < -0.39 is 0 Å². The molecule has 0 saturated heterocycles. The fourth-order valence-electron chi connectivity index (χ4n) is 5.48. The summed E-state index contributed by atoms with van der Waals surface area (Å²) < 4.78 is 0. The summed E-state index contributed by atoms with van der Waals surface area (Å²) in [5, 5.41) is 10.9. The lowest BCUT2D eigenvalue weighted by atomic mass is 9.76. The van der Waals surface area contributed by atoms with Crippen LogP contribution in [0.25, 0.3) is 11.3 Å². The molecule has 194 valence electrons. The van der Waals surface area contributed by atoms with E-state index in [2.05, 4.69) is 35.4 Å². The summed E-state index contributed by atoms with van der Waals surface area (Å²) in [6.45, 7) is 8.62. The highest BCUT2D eigenvalue weighted by Gasteiger charge is 2.33. The summed E-state index contributed by atoms with van der Waals surface area (Å²) in [6, 6.07) is 13.6. The van der Waals surface area contributed by atoms with Crippen LogP contribution in [0.15, 0.2) is 42.5 Å². The van der Waals surface area contributed by atoms with Crippen molar-refractivity contribution in [3.05, 3.63) is 76.0 Å². The Hall–Kier alpha value is -3.45. The SMILES string of the molecule is C[C@H](c1ccc(C(=O)NCCN(C)C)cc1)N1Cc2cc(-c3n[nH]c4c3CCC(C)(C)C4)ccc2C1=O. The van der Waals surface area contributed by atoms with Gasteiger partial charge in [-0.05, 0) is 81.1 Å². The van der Waals surface area contributed by atoms with Crippen molar-refractivity contribution in [3.8, 4) is 11.3 Å². The molecule has 1 atom stereocenters. The van der Waals surface area contributed by atoms with Crippen molar-refractivity contribution in [1.29, 1.82) is 0 Å². The van der Waals surface area contributed by atoms with Gasteiger partial charge < -0.3 is 15.1 Å². The van der Waals surface area contributed by atoms with Gasteiger partial charge in [0.2, 0.25) is 0 Å². The maximum atomic E-state index is 13.3. The van der Waals surface area contributed by atoms with Crippen LogP contribution in [-0.4, -0.2) is 59.0 Å². The second kappa shape index (κ2) is 9.78. The molecule has 0 bridgehead atoms. The Morgan fingerprint density at radius 2 is 1.95 bits per heavy atom. The van der Waals surface area contributed by atoms with Crippen LogP contribution in [0.3, 0.4) is 0 Å². The molecule has 1 aliphatic carbocycles. The van der Waals surface area contributed by atoms with E-state index in [-0.39, 0.29) is 17.9 Å². The van der Waals surface area contributed by atoms with E-state index in [4.69, 9.17) is 0 Å². The largest absolute Gasteiger partial charge is 0.351 e. The average Bonchev–Trinajstić information content (AvgIpc) is 3.42. The molecule has 2 aliphatic rings. The van der Waals surface area contributed by atoms with Crippen LogP contribution in [0.4, 0.5) is 0 Å². The summed E-state index contributed by atoms with van der Waals surface area (Å²) in [4.78, 5) is 29.6. The van der Waals surface area contributed by atoms with Crippen LogP contribution in [0.5, 0.6) is 0 Å². The highest BCUT2D eigenvalue weighted by atomic mass is 16.2. The highest BCUT2D eigenvalue weighted by molar-refractivity contribution is 5.99. The third kappa shape index (κ3) is 5.05. The smallest absolute Gasteiger partial charge is 0.255 e. The molecule has 0 spiro atoms. The fraction of sp³-hybridized carbons (Fsp3) is 0.433. The molecule has 0 fully saturated rings. The number of H-pyrrole nitrogens is 1. The maximum Gasteiger partial charge on any atom is 0.255 e. The lowest BCUT2D eigenvalue weighted by molar-refractivity contribution is 0.0715. The van der Waals surface area contributed by atoms with Gasteiger partial charge in [-0.1, -0.05) is 32.0 Å². The third-order valence-corrected chi connectivity index (χ3v) is 7.84. The predicted octanol–water partition coefficient (Wildman–Crippen LogP) is 4.60. The number of nitrogens with zero attached hydrogens (tertiary/aromatic N) is 3. The molecule has 1 aliphatic heterocycles. The van der Waals surface area contributed by atoms with Crippen molar-refractivity contribution in [2.75, 3.05) is 27.2 Å². The first-order chi connectivity index (χ1) is 17.6. The standard InChI is InChI=1S/C30H37N5O2/c1-19(20-6-8-21(9-7-20)28(36)31-14-15-34(4)5)35-18-23-16-22(10-11-24(23)29(35)37)27-25-12-13-30(2,3)17-26(25)32-33-27/h6-11,16,19H,12-15,17-18H2,1-5H3,(H,31,36)(H,32,33)/t19-/m1/s1. The molecule has 2 heterocycles. The molecule has 3 aromatic rings. The zero-order chi connectivity index (χ0) is 26.3. The van der Waals surface area contributed by atoms with Crippen molar-refractivity contribution < 1.29 is 9.59 Å². The van der Waals surface area contributed by atoms with E-state index in [0.29, 0.717) is 24.1 Å². The highest BCUT2D eigenvalue weighted by Crippen LogP contribution is 2.39. The average molecular weight is 500 g/mol. The molecule has 37 heavy (non-hydrogen) atoms. The fourth-order valence-corrected chi connectivity index (χ4v) is 5.48. The molecule has 7 nitrogen and oxygen atoms in total. The molecule has 5 rings (SSSR count). The van der Waals surface area contributed by atoms with Crippen LogP contribution >= 0.6 is 0 Å². The first-order valence-electron chi connectivity index (χ1n) is 13.2. The van der Waals surface area contributed by atoms with Crippen LogP contribution in [0, 0.1) is 5.41 Å². The van der Waals surface area contributed by atoms with E-state index >= 15 is 0 Å². The molecule has 2 amide bonds. The number of rotatable bonds is 7. The topological polar surface area (TPSA) is 81.3 Å². The predicted molar refractivity (Wildman–Crippen MR) is 145 cm³/mol. The van der Waals surface area contributed by atoms with Crippen molar-refractivity contribution >= 4 is 11.8 Å². The number of aromatic amines is 1. The third-order valence-electron chi connectivity index (χ3n) is 7.84. The molecule has 7 heteroatoms. The van der Waals surface area contributed by atoms with Gasteiger partial charge in [0.1, 0.15) is 0 Å². The first kappa shape index (κ1) is 25.2. The number of aromatic nitrogens is 2. The summed E-state index contributed by atoms with van der Waals surface area (Å²) in [7, 11) is 3.96. The van der Waals surface area contributed by atoms with Gasteiger partial charge in [-0.25, -0.2) is 0 Å². The van der Waals surface area contributed by atoms with Gasteiger partial charge in [0.05, 0.1) is 11.7 Å². The number of likely N-dealkylation sites (N-methyl/N-ethyl adjacent to an activating group) is 1. The van der Waals surface area contributed by atoms with Crippen molar-refractivity contribution in [1.82, 2.24) is 25.3 Å². The summed E-state index contributed by atoms with van der Waals surface area (Å²) in [5.74, 6) is -0.0345. The van der Waals surface area contributed by atoms with E-state index in [9.17, 15) is 9.59 Å². The van der Waals surface area contributed by atoms with Gasteiger partial charge >= 0.3 is 0 Å². The summed E-state index contributed by atoms with van der Waals surface area (Å²) in [5.41, 5.74) is 8.39. The number of nitrogens with one attached hydrogen (secondary N) is 2. The molecule has 0 unspecified atom stereocenters. The Kier molecular flexibility index (Phi) is 6.67. The monoisotopic (exact) mass is 499 g/mol.